The van der Waals surface area contributed by atoms with Crippen LogP contribution in [0, 0.1) is 0 Å². The molecule has 7 heteroatoms. The summed E-state index contributed by atoms with van der Waals surface area (Å²) in [6.45, 7) is 6.14. The Morgan fingerprint density at radius 2 is 1.97 bits per heavy atom. The molecule has 2 rings (SSSR count). The fourth-order valence-electron chi connectivity index (χ4n) is 2.55. The minimum absolute atomic E-state index is 0.0887. The van der Waals surface area contributed by atoms with Gasteiger partial charge in [0, 0.05) is 11.1 Å². The van der Waals surface area contributed by atoms with E-state index in [2.05, 4.69) is 29.3 Å². The molecule has 0 bridgehead atoms. The van der Waals surface area contributed by atoms with Crippen molar-refractivity contribution in [3.8, 4) is 11.5 Å². The molecule has 3 N–H and O–H groups in total. The van der Waals surface area contributed by atoms with Crippen LogP contribution >= 0.6 is 0 Å². The zero-order valence-corrected chi connectivity index (χ0v) is 17.1. The van der Waals surface area contributed by atoms with Crippen molar-refractivity contribution in [2.45, 2.75) is 26.2 Å². The van der Waals surface area contributed by atoms with E-state index >= 15 is 0 Å². The Balaban J connectivity index is 1.80. The van der Waals surface area contributed by atoms with Crippen LogP contribution < -0.4 is 15.5 Å². The fraction of sp³-hybridized carbons (Fsp3) is 0.261. The quantitative estimate of drug-likeness (QED) is 0.230. The minimum atomic E-state index is -0.485. The normalized spacial score (nSPS) is 10.6. The van der Waals surface area contributed by atoms with E-state index < -0.39 is 5.91 Å². The molecule has 2 amide bonds. The van der Waals surface area contributed by atoms with Crippen molar-refractivity contribution in [1.29, 1.82) is 0 Å². The van der Waals surface area contributed by atoms with Crippen molar-refractivity contribution >= 4 is 18.0 Å². The van der Waals surface area contributed by atoms with Gasteiger partial charge in [0.2, 0.25) is 0 Å². The van der Waals surface area contributed by atoms with E-state index in [4.69, 9.17) is 4.74 Å². The van der Waals surface area contributed by atoms with Gasteiger partial charge in [-0.3, -0.25) is 9.59 Å². The number of rotatable bonds is 11. The molecule has 0 saturated heterocycles. The number of benzene rings is 2. The van der Waals surface area contributed by atoms with Crippen molar-refractivity contribution in [3.05, 3.63) is 71.8 Å². The van der Waals surface area contributed by atoms with E-state index in [9.17, 15) is 14.7 Å². The number of para-hydroxylation sites is 1. The first kappa shape index (κ1) is 22.7. The highest BCUT2D eigenvalue weighted by Crippen LogP contribution is 2.21. The van der Waals surface area contributed by atoms with Crippen molar-refractivity contribution in [2.24, 2.45) is 5.10 Å². The van der Waals surface area contributed by atoms with Gasteiger partial charge < -0.3 is 15.2 Å². The van der Waals surface area contributed by atoms with Gasteiger partial charge >= 0.3 is 0 Å². The lowest BCUT2D eigenvalue weighted by atomic mass is 10.1. The molecular formula is C23H27N3O4. The molecule has 0 spiro atoms. The maximum atomic E-state index is 12.1. The molecule has 0 aliphatic rings. The van der Waals surface area contributed by atoms with Crippen LogP contribution in [0.25, 0.3) is 0 Å². The van der Waals surface area contributed by atoms with Gasteiger partial charge in [-0.25, -0.2) is 5.43 Å². The molecule has 0 fully saturated rings. The van der Waals surface area contributed by atoms with Gasteiger partial charge in [-0.05, 0) is 48.7 Å². The highest BCUT2D eigenvalue weighted by atomic mass is 16.5. The number of unbranched alkanes of at least 4 members (excludes halogenated alkanes) is 1. The standard InChI is InChI=1S/C23H27N3O4/c1-3-5-14-30-20-12-10-18(11-13-20)23(29)24-16-21(27)26-25-15-19-9-6-8-17(7-4-2)22(19)28/h4,6,8-13,15,28H,2-3,5,7,14,16H2,1H3,(H,24,29)(H,26,27)/b25-15+. The largest absolute Gasteiger partial charge is 0.507 e. The van der Waals surface area contributed by atoms with Gasteiger partial charge in [-0.15, -0.1) is 6.58 Å². The number of hydrazone groups is 1. The highest BCUT2D eigenvalue weighted by Gasteiger charge is 2.08. The number of allylic oxidation sites excluding steroid dienone is 1. The summed E-state index contributed by atoms with van der Waals surface area (Å²) in [5.41, 5.74) is 3.94. The molecular weight excluding hydrogens is 382 g/mol. The number of nitrogens with zero attached hydrogens (tertiary/aromatic N) is 1. The van der Waals surface area contributed by atoms with E-state index in [0.29, 0.717) is 35.5 Å². The summed E-state index contributed by atoms with van der Waals surface area (Å²) in [6, 6.07) is 12.0. The molecule has 0 radical (unpaired) electrons. The third-order valence-electron chi connectivity index (χ3n) is 4.20. The Hall–Kier alpha value is -3.61. The molecule has 0 aliphatic carbocycles. The minimum Gasteiger partial charge on any atom is -0.507 e. The van der Waals surface area contributed by atoms with E-state index in [0.717, 1.165) is 12.8 Å². The van der Waals surface area contributed by atoms with Crippen molar-refractivity contribution in [2.75, 3.05) is 13.2 Å². The average molecular weight is 409 g/mol. The molecule has 0 atom stereocenters. The third kappa shape index (κ3) is 7.09. The van der Waals surface area contributed by atoms with Crippen molar-refractivity contribution < 1.29 is 19.4 Å². The number of hydrogen-bond donors (Lipinski definition) is 3. The predicted octanol–water partition coefficient (Wildman–Crippen LogP) is 3.18. The topological polar surface area (TPSA) is 100 Å². The van der Waals surface area contributed by atoms with Crippen LogP contribution in [0.3, 0.4) is 0 Å². The first-order valence-corrected chi connectivity index (χ1v) is 9.79. The summed E-state index contributed by atoms with van der Waals surface area (Å²) in [7, 11) is 0. The average Bonchev–Trinajstić information content (AvgIpc) is 2.75. The van der Waals surface area contributed by atoms with Gasteiger partial charge in [-0.2, -0.15) is 5.10 Å². The lowest BCUT2D eigenvalue weighted by Gasteiger charge is -2.07. The van der Waals surface area contributed by atoms with Gasteiger partial charge in [0.15, 0.2) is 0 Å². The Labute approximate surface area is 176 Å². The number of phenols is 1. The maximum Gasteiger partial charge on any atom is 0.259 e. The summed E-state index contributed by atoms with van der Waals surface area (Å²) < 4.78 is 5.56. The van der Waals surface area contributed by atoms with Crippen molar-refractivity contribution in [1.82, 2.24) is 10.7 Å². The number of carbonyl (C=O) groups is 2. The zero-order valence-electron chi connectivity index (χ0n) is 17.1. The lowest BCUT2D eigenvalue weighted by molar-refractivity contribution is -0.120. The number of carbonyl (C=O) groups excluding carboxylic acids is 2. The molecule has 0 unspecified atom stereocenters. The van der Waals surface area contributed by atoms with Crippen LogP contribution in [0.1, 0.15) is 41.3 Å². The number of ether oxygens (including phenoxy) is 1. The Morgan fingerprint density at radius 1 is 1.20 bits per heavy atom. The van der Waals surface area contributed by atoms with Crippen LogP contribution in [0.4, 0.5) is 0 Å². The molecule has 7 nitrogen and oxygen atoms in total. The van der Waals surface area contributed by atoms with E-state index in [1.165, 1.54) is 6.21 Å². The zero-order chi connectivity index (χ0) is 21.8. The van der Waals surface area contributed by atoms with Crippen LogP contribution in [-0.2, 0) is 11.2 Å². The van der Waals surface area contributed by atoms with Gasteiger partial charge in [0.05, 0.1) is 19.4 Å². The molecule has 2 aromatic rings. The predicted molar refractivity (Wildman–Crippen MR) is 117 cm³/mol. The summed E-state index contributed by atoms with van der Waals surface area (Å²) in [5.74, 6) is -0.0665. The first-order chi connectivity index (χ1) is 14.5. The second-order valence-corrected chi connectivity index (χ2v) is 6.55. The lowest BCUT2D eigenvalue weighted by Crippen LogP contribution is -2.34. The molecule has 158 valence electrons. The molecule has 0 aliphatic heterocycles. The Morgan fingerprint density at radius 3 is 2.67 bits per heavy atom. The second-order valence-electron chi connectivity index (χ2n) is 6.55. The van der Waals surface area contributed by atoms with E-state index in [-0.39, 0.29) is 18.2 Å². The van der Waals surface area contributed by atoms with Crippen LogP contribution in [0.5, 0.6) is 11.5 Å². The Kier molecular flexibility index (Phi) is 9.12. The SMILES string of the molecule is C=CCc1cccc(/C=N/NC(=O)CNC(=O)c2ccc(OCCCC)cc2)c1O. The number of aromatic hydroxyl groups is 1. The summed E-state index contributed by atoms with van der Waals surface area (Å²) in [6.07, 6.45) is 5.58. The van der Waals surface area contributed by atoms with Gasteiger partial charge in [0.25, 0.3) is 11.8 Å². The Bertz CT molecular complexity index is 892. The number of nitrogens with one attached hydrogen (secondary N) is 2. The third-order valence-corrected chi connectivity index (χ3v) is 4.20. The highest BCUT2D eigenvalue weighted by molar-refractivity contribution is 5.96. The smallest absolute Gasteiger partial charge is 0.259 e. The fourth-order valence-corrected chi connectivity index (χ4v) is 2.55. The van der Waals surface area contributed by atoms with Gasteiger partial charge in [-0.1, -0.05) is 31.6 Å². The van der Waals surface area contributed by atoms with Crippen LogP contribution in [0.15, 0.2) is 60.2 Å². The maximum absolute atomic E-state index is 12.1. The first-order valence-electron chi connectivity index (χ1n) is 9.79. The van der Waals surface area contributed by atoms with Crippen molar-refractivity contribution in [3.63, 3.8) is 0 Å². The summed E-state index contributed by atoms with van der Waals surface area (Å²) in [4.78, 5) is 24.0. The van der Waals surface area contributed by atoms with Crippen LogP contribution in [0.2, 0.25) is 0 Å². The van der Waals surface area contributed by atoms with Gasteiger partial charge in [0.1, 0.15) is 11.5 Å². The molecule has 0 saturated carbocycles. The monoisotopic (exact) mass is 409 g/mol. The van der Waals surface area contributed by atoms with E-state index in [1.54, 1.807) is 48.5 Å². The number of amides is 2. The molecule has 2 aromatic carbocycles. The second kappa shape index (κ2) is 12.1. The molecule has 0 heterocycles. The van der Waals surface area contributed by atoms with Crippen LogP contribution in [-0.4, -0.2) is 36.3 Å². The number of phenolic OH excluding ortho intramolecular Hbond substituents is 1. The summed E-state index contributed by atoms with van der Waals surface area (Å²) in [5, 5.41) is 16.5. The number of hydrogen-bond acceptors (Lipinski definition) is 5. The molecule has 30 heavy (non-hydrogen) atoms. The van der Waals surface area contributed by atoms with E-state index in [1.807, 2.05) is 0 Å². The summed E-state index contributed by atoms with van der Waals surface area (Å²) >= 11 is 0. The molecule has 0 aromatic heterocycles.